The highest BCUT2D eigenvalue weighted by atomic mass is 16.8. The van der Waals surface area contributed by atoms with E-state index in [1.165, 1.54) is 0 Å². The fraction of sp³-hybridized carbons (Fsp3) is 0.632. The summed E-state index contributed by atoms with van der Waals surface area (Å²) in [5.41, 5.74) is 0.298. The minimum absolute atomic E-state index is 0.297. The number of carbonyl (C=O) groups is 1. The Bertz CT molecular complexity index is 596. The third-order valence-corrected chi connectivity index (χ3v) is 4.45. The van der Waals surface area contributed by atoms with Crippen LogP contribution in [0.3, 0.4) is 0 Å². The van der Waals surface area contributed by atoms with Gasteiger partial charge in [-0.1, -0.05) is 30.3 Å². The van der Waals surface area contributed by atoms with E-state index in [2.05, 4.69) is 0 Å². The van der Waals surface area contributed by atoms with E-state index >= 15 is 0 Å². The van der Waals surface area contributed by atoms with Crippen molar-refractivity contribution in [2.75, 3.05) is 7.11 Å². The van der Waals surface area contributed by atoms with E-state index < -0.39 is 36.3 Å². The van der Waals surface area contributed by atoms with Crippen LogP contribution in [0.25, 0.3) is 0 Å². The van der Waals surface area contributed by atoms with E-state index in [9.17, 15) is 4.79 Å². The molecule has 2 saturated heterocycles. The summed E-state index contributed by atoms with van der Waals surface area (Å²) in [6.45, 7) is 7.30. The summed E-state index contributed by atoms with van der Waals surface area (Å²) in [5.74, 6) is -0.297. The Hall–Kier alpha value is -1.47. The SMILES string of the molecule is CO[C@@H]1O[C@@H](C)[C@H](OC(=O)C(C)(C)C)[C@H]2O[C@@H](c3ccccc3)O[C@@H]12. The fourth-order valence-electron chi connectivity index (χ4n) is 3.01. The standard InChI is InChI=1S/C19H26O6/c1-11-13(25-18(20)19(2,3)4)14-15(17(21-5)22-11)24-16(23-14)12-9-7-6-8-10-12/h6-11,13-17H,1-5H3/t11-,13-,14+,15+,16+,17+/m0/s1. The van der Waals surface area contributed by atoms with Crippen molar-refractivity contribution in [3.63, 3.8) is 0 Å². The summed E-state index contributed by atoms with van der Waals surface area (Å²) in [4.78, 5) is 12.4. The first kappa shape index (κ1) is 18.3. The van der Waals surface area contributed by atoms with Crippen molar-refractivity contribution < 1.29 is 28.5 Å². The summed E-state index contributed by atoms with van der Waals surface area (Å²) < 4.78 is 29.2. The van der Waals surface area contributed by atoms with Gasteiger partial charge in [-0.25, -0.2) is 0 Å². The molecule has 0 saturated carbocycles. The molecule has 0 aliphatic carbocycles. The van der Waals surface area contributed by atoms with Gasteiger partial charge in [-0.15, -0.1) is 0 Å². The molecule has 3 rings (SSSR count). The Morgan fingerprint density at radius 3 is 2.28 bits per heavy atom. The molecule has 0 N–H and O–H groups in total. The van der Waals surface area contributed by atoms with Gasteiger partial charge in [0.1, 0.15) is 12.2 Å². The third kappa shape index (κ3) is 3.72. The Labute approximate surface area is 148 Å². The van der Waals surface area contributed by atoms with Crippen LogP contribution in [-0.2, 0) is 28.5 Å². The lowest BCUT2D eigenvalue weighted by atomic mass is 9.95. The van der Waals surface area contributed by atoms with Gasteiger partial charge >= 0.3 is 5.97 Å². The van der Waals surface area contributed by atoms with Gasteiger partial charge in [0.2, 0.25) is 0 Å². The molecule has 6 atom stereocenters. The van der Waals surface area contributed by atoms with Gasteiger partial charge in [0, 0.05) is 12.7 Å². The van der Waals surface area contributed by atoms with E-state index in [4.69, 9.17) is 23.7 Å². The maximum atomic E-state index is 12.4. The summed E-state index contributed by atoms with van der Waals surface area (Å²) in [7, 11) is 1.56. The molecule has 1 aromatic carbocycles. The average molecular weight is 350 g/mol. The molecule has 6 heteroatoms. The molecule has 0 aromatic heterocycles. The monoisotopic (exact) mass is 350 g/mol. The smallest absolute Gasteiger partial charge is 0.311 e. The molecule has 138 valence electrons. The molecule has 0 amide bonds. The first-order chi connectivity index (χ1) is 11.8. The number of benzene rings is 1. The molecular weight excluding hydrogens is 324 g/mol. The summed E-state index contributed by atoms with van der Waals surface area (Å²) >= 11 is 0. The normalized spacial score (nSPS) is 35.2. The minimum Gasteiger partial charge on any atom is -0.456 e. The van der Waals surface area contributed by atoms with Gasteiger partial charge in [0.25, 0.3) is 0 Å². The second-order valence-electron chi connectivity index (χ2n) is 7.51. The van der Waals surface area contributed by atoms with E-state index in [1.54, 1.807) is 7.11 Å². The lowest BCUT2D eigenvalue weighted by Crippen LogP contribution is -2.57. The Kier molecular flexibility index (Phi) is 5.16. The predicted octanol–water partition coefficient (Wildman–Crippen LogP) is 2.82. The number of hydrogen-bond acceptors (Lipinski definition) is 6. The number of esters is 1. The zero-order chi connectivity index (χ0) is 18.2. The lowest BCUT2D eigenvalue weighted by molar-refractivity contribution is -0.267. The van der Waals surface area contributed by atoms with Crippen LogP contribution in [0.1, 0.15) is 39.5 Å². The molecule has 2 aliphatic heterocycles. The highest BCUT2D eigenvalue weighted by Crippen LogP contribution is 2.40. The first-order valence-corrected chi connectivity index (χ1v) is 8.56. The van der Waals surface area contributed by atoms with Crippen LogP contribution in [0, 0.1) is 5.41 Å². The van der Waals surface area contributed by atoms with Crippen molar-refractivity contribution in [2.24, 2.45) is 5.41 Å². The first-order valence-electron chi connectivity index (χ1n) is 8.56. The molecule has 6 nitrogen and oxygen atoms in total. The molecule has 0 bridgehead atoms. The Balaban J connectivity index is 1.82. The van der Waals surface area contributed by atoms with Crippen molar-refractivity contribution >= 4 is 5.97 Å². The van der Waals surface area contributed by atoms with Gasteiger partial charge in [-0.2, -0.15) is 0 Å². The van der Waals surface area contributed by atoms with Crippen LogP contribution in [0.4, 0.5) is 0 Å². The van der Waals surface area contributed by atoms with Gasteiger partial charge in [-0.05, 0) is 27.7 Å². The summed E-state index contributed by atoms with van der Waals surface area (Å²) in [6.07, 6.45) is -2.96. The molecule has 25 heavy (non-hydrogen) atoms. The van der Waals surface area contributed by atoms with Crippen LogP contribution in [0.15, 0.2) is 30.3 Å². The molecule has 2 heterocycles. The minimum atomic E-state index is -0.606. The van der Waals surface area contributed by atoms with Crippen molar-refractivity contribution in [2.45, 2.75) is 64.7 Å². The van der Waals surface area contributed by atoms with E-state index in [1.807, 2.05) is 58.0 Å². The molecule has 0 radical (unpaired) electrons. The summed E-state index contributed by atoms with van der Waals surface area (Å²) in [5, 5.41) is 0. The predicted molar refractivity (Wildman–Crippen MR) is 89.6 cm³/mol. The van der Waals surface area contributed by atoms with Crippen LogP contribution < -0.4 is 0 Å². The third-order valence-electron chi connectivity index (χ3n) is 4.45. The number of fused-ring (bicyclic) bond motifs is 1. The zero-order valence-electron chi connectivity index (χ0n) is 15.3. The average Bonchev–Trinajstić information content (AvgIpc) is 3.02. The second-order valence-corrected chi connectivity index (χ2v) is 7.51. The zero-order valence-corrected chi connectivity index (χ0v) is 15.3. The lowest BCUT2D eigenvalue weighted by Gasteiger charge is -2.40. The van der Waals surface area contributed by atoms with E-state index in [0.29, 0.717) is 0 Å². The van der Waals surface area contributed by atoms with Crippen molar-refractivity contribution in [3.05, 3.63) is 35.9 Å². The maximum Gasteiger partial charge on any atom is 0.311 e. The molecular formula is C19H26O6. The van der Waals surface area contributed by atoms with Crippen molar-refractivity contribution in [3.8, 4) is 0 Å². The van der Waals surface area contributed by atoms with Crippen LogP contribution in [-0.4, -0.2) is 43.8 Å². The Morgan fingerprint density at radius 1 is 1.04 bits per heavy atom. The summed E-state index contributed by atoms with van der Waals surface area (Å²) in [6, 6.07) is 9.65. The Morgan fingerprint density at radius 2 is 1.68 bits per heavy atom. The largest absolute Gasteiger partial charge is 0.456 e. The molecule has 2 aliphatic rings. The van der Waals surface area contributed by atoms with Gasteiger partial charge in [-0.3, -0.25) is 4.79 Å². The molecule has 0 unspecified atom stereocenters. The maximum absolute atomic E-state index is 12.4. The van der Waals surface area contributed by atoms with Crippen molar-refractivity contribution in [1.82, 2.24) is 0 Å². The van der Waals surface area contributed by atoms with E-state index in [-0.39, 0.29) is 12.1 Å². The van der Waals surface area contributed by atoms with Crippen LogP contribution in [0.5, 0.6) is 0 Å². The second kappa shape index (κ2) is 7.03. The van der Waals surface area contributed by atoms with Gasteiger partial charge in [0.15, 0.2) is 18.7 Å². The number of hydrogen-bond donors (Lipinski definition) is 0. The molecule has 1 aromatic rings. The number of carbonyl (C=O) groups excluding carboxylic acids is 1. The van der Waals surface area contributed by atoms with Gasteiger partial charge < -0.3 is 23.7 Å². The quantitative estimate of drug-likeness (QED) is 0.781. The van der Waals surface area contributed by atoms with Crippen LogP contribution >= 0.6 is 0 Å². The van der Waals surface area contributed by atoms with Crippen LogP contribution in [0.2, 0.25) is 0 Å². The van der Waals surface area contributed by atoms with E-state index in [0.717, 1.165) is 5.56 Å². The fourth-order valence-corrected chi connectivity index (χ4v) is 3.01. The topological polar surface area (TPSA) is 63.2 Å². The number of methoxy groups -OCH3 is 1. The number of ether oxygens (including phenoxy) is 5. The molecule has 2 fully saturated rings. The van der Waals surface area contributed by atoms with Crippen molar-refractivity contribution in [1.29, 1.82) is 0 Å². The molecule has 0 spiro atoms. The number of rotatable bonds is 3. The highest BCUT2D eigenvalue weighted by molar-refractivity contribution is 5.75. The van der Waals surface area contributed by atoms with Gasteiger partial charge in [0.05, 0.1) is 11.5 Å². The highest BCUT2D eigenvalue weighted by Gasteiger charge is 2.54.